The molecule has 0 saturated carbocycles. The topological polar surface area (TPSA) is 76.4 Å². The Hall–Kier alpha value is -7.30. The summed E-state index contributed by atoms with van der Waals surface area (Å²) in [6.07, 6.45) is 20.2. The van der Waals surface area contributed by atoms with Crippen molar-refractivity contribution < 1.29 is 27.1 Å². The second-order valence-electron chi connectivity index (χ2n) is 14.3. The van der Waals surface area contributed by atoms with E-state index in [1.54, 1.807) is 0 Å². The predicted octanol–water partition coefficient (Wildman–Crippen LogP) is 5.18. The number of nitrogens with zero attached hydrogens (tertiary/aromatic N) is 8. The summed E-state index contributed by atoms with van der Waals surface area (Å²) in [6.45, 7) is 3.26. The van der Waals surface area contributed by atoms with Crippen molar-refractivity contribution in [2.45, 2.75) is 51.9 Å². The van der Waals surface area contributed by atoms with Gasteiger partial charge in [-0.3, -0.25) is 9.13 Å². The molecule has 286 valence electrons. The van der Waals surface area contributed by atoms with Gasteiger partial charge >= 0.3 is 11.4 Å². The molecule has 0 bridgehead atoms. The van der Waals surface area contributed by atoms with Crippen LogP contribution in [0.5, 0.6) is 0 Å². The molecule has 0 fully saturated rings. The molecule has 6 aromatic heterocycles. The van der Waals surface area contributed by atoms with Gasteiger partial charge in [0.05, 0.1) is 11.0 Å². The van der Waals surface area contributed by atoms with E-state index in [9.17, 15) is 0 Å². The monoisotopic (exact) mass is 766 g/mol. The van der Waals surface area contributed by atoms with Crippen molar-refractivity contribution in [3.8, 4) is 23.7 Å². The number of pyridine rings is 4. The lowest BCUT2D eigenvalue weighted by Crippen LogP contribution is -2.32. The number of unbranched alkanes of at least 4 members (excludes halogenated alkanes) is 2. The minimum Gasteiger partial charge on any atom is -0.422 e. The number of benzene rings is 2. The summed E-state index contributed by atoms with van der Waals surface area (Å²) in [6, 6.07) is 32.4. The zero-order chi connectivity index (χ0) is 39.5. The Kier molecular flexibility index (Phi) is 11.7. The van der Waals surface area contributed by atoms with Crippen LogP contribution in [-0.2, 0) is 40.3 Å². The van der Waals surface area contributed by atoms with Crippen molar-refractivity contribution in [2.75, 3.05) is 0 Å². The molecular formula is C48H46N8O2+4. The molecule has 0 aliphatic carbocycles. The lowest BCUT2D eigenvalue weighted by atomic mass is 10.2. The van der Waals surface area contributed by atoms with Crippen molar-refractivity contribution in [1.82, 2.24) is 9.13 Å². The van der Waals surface area contributed by atoms with Crippen LogP contribution in [0.2, 0.25) is 0 Å². The first kappa shape index (κ1) is 37.6. The highest BCUT2D eigenvalue weighted by Crippen LogP contribution is 2.14. The predicted molar refractivity (Wildman–Crippen MR) is 218 cm³/mol. The van der Waals surface area contributed by atoms with Crippen LogP contribution < -0.4 is 29.6 Å². The first-order chi connectivity index (χ1) is 28.5. The van der Waals surface area contributed by atoms with Gasteiger partial charge in [-0.2, -0.15) is 0 Å². The maximum absolute atomic E-state index is 6.24. The van der Waals surface area contributed by atoms with E-state index in [4.69, 9.17) is 8.83 Å². The third-order valence-corrected chi connectivity index (χ3v) is 9.94. The summed E-state index contributed by atoms with van der Waals surface area (Å²) in [4.78, 5) is 0. The molecule has 0 aliphatic heterocycles. The second kappa shape index (κ2) is 18.1. The molecule has 58 heavy (non-hydrogen) atoms. The highest BCUT2D eigenvalue weighted by Gasteiger charge is 2.11. The fourth-order valence-electron chi connectivity index (χ4n) is 6.68. The second-order valence-corrected chi connectivity index (χ2v) is 14.3. The van der Waals surface area contributed by atoms with Gasteiger partial charge in [0, 0.05) is 96.7 Å². The minimum atomic E-state index is 0.443. The van der Waals surface area contributed by atoms with Gasteiger partial charge < -0.3 is 8.83 Å². The number of hydrogen-bond acceptors (Lipinski definition) is 4. The summed E-state index contributed by atoms with van der Waals surface area (Å²) in [7, 11) is 4.00. The Morgan fingerprint density at radius 1 is 0.448 bits per heavy atom. The molecule has 0 saturated heterocycles. The maximum atomic E-state index is 6.24. The summed E-state index contributed by atoms with van der Waals surface area (Å²) in [5, 5.41) is 9.31. The summed E-state index contributed by atoms with van der Waals surface area (Å²) < 4.78 is 25.1. The number of para-hydroxylation sites is 4. The molecule has 6 heterocycles. The Balaban J connectivity index is 0.919. The van der Waals surface area contributed by atoms with E-state index < -0.39 is 0 Å². The number of rotatable bonds is 11. The van der Waals surface area contributed by atoms with Gasteiger partial charge in [0.1, 0.15) is 27.2 Å². The number of hydrogen-bond donors (Lipinski definition) is 0. The van der Waals surface area contributed by atoms with Crippen LogP contribution in [0.15, 0.2) is 166 Å². The molecule has 8 rings (SSSR count). The summed E-state index contributed by atoms with van der Waals surface area (Å²) in [5.41, 5.74) is 8.38. The SMILES string of the molecule is C[n+]1ccc(C#Cc2cc[n+](CCCCn3c(=NN=c4oc5ccccc5n4CCCC[n+]4ccc(C#Cc5cc[n+](C)cc5)cc4)oc4ccccc43)cc2)cc1. The standard InChI is InChI=1S/C48H46N8O2/c1-51-31-19-39(20-32-51)15-17-41-23-35-53(36-24-41)27-7-9-29-55-43-11-3-5-13-45(43)57-47(55)49-50-48-56(44-12-4-6-14-46(44)58-48)30-10-8-28-54-37-25-42(26-38-54)18-16-40-21-33-52(2)34-22-40/h3-6,11-14,19-26,31-38H,7-10,27-30H2,1-2H3/q+4. The van der Waals surface area contributed by atoms with E-state index in [2.05, 4.69) is 113 Å². The van der Waals surface area contributed by atoms with E-state index in [0.29, 0.717) is 11.4 Å². The van der Waals surface area contributed by atoms with Crippen LogP contribution in [0.25, 0.3) is 22.2 Å². The van der Waals surface area contributed by atoms with E-state index in [1.165, 1.54) is 0 Å². The van der Waals surface area contributed by atoms with E-state index in [-0.39, 0.29) is 0 Å². The number of oxazole rings is 2. The fourth-order valence-corrected chi connectivity index (χ4v) is 6.68. The Labute approximate surface area is 337 Å². The first-order valence-corrected chi connectivity index (χ1v) is 19.7. The highest BCUT2D eigenvalue weighted by atomic mass is 16.4. The molecule has 0 spiro atoms. The smallest absolute Gasteiger partial charge is 0.321 e. The Bertz CT molecular complexity index is 2710. The van der Waals surface area contributed by atoms with Gasteiger partial charge in [-0.05, 0) is 37.1 Å². The van der Waals surface area contributed by atoms with Crippen molar-refractivity contribution in [2.24, 2.45) is 24.3 Å². The third-order valence-electron chi connectivity index (χ3n) is 9.94. The van der Waals surface area contributed by atoms with Crippen molar-refractivity contribution in [1.29, 1.82) is 0 Å². The maximum Gasteiger partial charge on any atom is 0.321 e. The zero-order valence-corrected chi connectivity index (χ0v) is 32.9. The Morgan fingerprint density at radius 3 is 1.17 bits per heavy atom. The minimum absolute atomic E-state index is 0.443. The Morgan fingerprint density at radius 2 is 0.793 bits per heavy atom. The summed E-state index contributed by atoms with van der Waals surface area (Å²) in [5.74, 6) is 13.0. The number of aromatic nitrogens is 6. The van der Waals surface area contributed by atoms with Crippen LogP contribution in [-0.4, -0.2) is 9.13 Å². The third kappa shape index (κ3) is 9.55. The van der Waals surface area contributed by atoms with Crippen molar-refractivity contribution in [3.05, 3.63) is 180 Å². The average molecular weight is 767 g/mol. The molecule has 8 aromatic rings. The normalized spacial score (nSPS) is 11.8. The van der Waals surface area contributed by atoms with Crippen molar-refractivity contribution in [3.63, 3.8) is 0 Å². The zero-order valence-electron chi connectivity index (χ0n) is 32.9. The quantitative estimate of drug-likeness (QED) is 0.0788. The van der Waals surface area contributed by atoms with Gasteiger partial charge in [0.2, 0.25) is 0 Å². The molecule has 10 nitrogen and oxygen atoms in total. The molecule has 0 amide bonds. The average Bonchev–Trinajstić information content (AvgIpc) is 3.80. The molecule has 10 heteroatoms. The molecule has 0 N–H and O–H groups in total. The van der Waals surface area contributed by atoms with Crippen molar-refractivity contribution >= 4 is 22.2 Å². The van der Waals surface area contributed by atoms with Crippen LogP contribution in [0.1, 0.15) is 47.9 Å². The lowest BCUT2D eigenvalue weighted by molar-refractivity contribution is -0.697. The van der Waals surface area contributed by atoms with Gasteiger partial charge in [-0.25, -0.2) is 18.3 Å². The van der Waals surface area contributed by atoms with E-state index in [1.807, 2.05) is 109 Å². The fraction of sp³-hybridized carbons (Fsp3) is 0.208. The van der Waals surface area contributed by atoms with Crippen LogP contribution in [0.3, 0.4) is 0 Å². The van der Waals surface area contributed by atoms with E-state index >= 15 is 0 Å². The first-order valence-electron chi connectivity index (χ1n) is 19.7. The molecule has 2 aromatic carbocycles. The van der Waals surface area contributed by atoms with Gasteiger partial charge in [0.25, 0.3) is 0 Å². The lowest BCUT2D eigenvalue weighted by Gasteiger charge is -2.03. The van der Waals surface area contributed by atoms with Gasteiger partial charge in [-0.1, -0.05) is 58.2 Å². The molecule has 0 aliphatic rings. The molecular weight excluding hydrogens is 721 g/mol. The van der Waals surface area contributed by atoms with E-state index in [0.717, 1.165) is 96.3 Å². The van der Waals surface area contributed by atoms with Crippen LogP contribution in [0, 0.1) is 23.7 Å². The highest BCUT2D eigenvalue weighted by molar-refractivity contribution is 5.73. The van der Waals surface area contributed by atoms with Crippen LogP contribution >= 0.6 is 0 Å². The molecule has 0 unspecified atom stereocenters. The largest absolute Gasteiger partial charge is 0.422 e. The van der Waals surface area contributed by atoms with Gasteiger partial charge in [0.15, 0.2) is 60.7 Å². The number of aryl methyl sites for hydroxylation is 6. The number of fused-ring (bicyclic) bond motifs is 2. The van der Waals surface area contributed by atoms with Gasteiger partial charge in [-0.15, -0.1) is 0 Å². The van der Waals surface area contributed by atoms with Crippen LogP contribution in [0.4, 0.5) is 0 Å². The molecule has 0 radical (unpaired) electrons. The summed E-state index contributed by atoms with van der Waals surface area (Å²) >= 11 is 0. The molecule has 0 atom stereocenters.